The van der Waals surface area contributed by atoms with E-state index in [1.807, 2.05) is 36.4 Å². The summed E-state index contributed by atoms with van der Waals surface area (Å²) in [5, 5.41) is 0. The van der Waals surface area contributed by atoms with E-state index < -0.39 is 0 Å². The molecule has 0 aliphatic heterocycles. The van der Waals surface area contributed by atoms with Gasteiger partial charge in [-0.3, -0.25) is 0 Å². The SMILES string of the molecule is CCC(CC)COc1cccc(OCCN)c1-c1cc(OCCN)cc(OCCC(C)C)c1. The zero-order chi connectivity index (χ0) is 24.1. The van der Waals surface area contributed by atoms with Gasteiger partial charge in [0, 0.05) is 19.2 Å². The largest absolute Gasteiger partial charge is 0.493 e. The van der Waals surface area contributed by atoms with Crippen LogP contribution in [-0.4, -0.2) is 39.5 Å². The molecule has 0 aliphatic carbocycles. The van der Waals surface area contributed by atoms with Crippen LogP contribution in [0.2, 0.25) is 0 Å². The van der Waals surface area contributed by atoms with E-state index in [9.17, 15) is 0 Å². The lowest BCUT2D eigenvalue weighted by atomic mass is 10.0. The smallest absolute Gasteiger partial charge is 0.130 e. The molecule has 0 aliphatic rings. The molecule has 4 N–H and O–H groups in total. The highest BCUT2D eigenvalue weighted by Crippen LogP contribution is 2.42. The summed E-state index contributed by atoms with van der Waals surface area (Å²) in [6, 6.07) is 11.8. The summed E-state index contributed by atoms with van der Waals surface area (Å²) < 4.78 is 24.3. The standard InChI is InChI=1S/C27H42N2O4/c1-5-21(6-2)19-33-26-9-7-8-25(32-15-12-29)27(26)22-16-23(30-13-10-20(3)4)18-24(17-22)31-14-11-28/h7-9,16-18,20-21H,5-6,10-15,19,28-29H2,1-4H3. The van der Waals surface area contributed by atoms with E-state index in [0.29, 0.717) is 57.1 Å². The first-order chi connectivity index (χ1) is 16.0. The van der Waals surface area contributed by atoms with E-state index >= 15 is 0 Å². The number of hydrogen-bond donors (Lipinski definition) is 2. The van der Waals surface area contributed by atoms with Crippen molar-refractivity contribution in [2.75, 3.05) is 39.5 Å². The Kier molecular flexibility index (Phi) is 11.9. The lowest BCUT2D eigenvalue weighted by Crippen LogP contribution is -2.13. The Morgan fingerprint density at radius 2 is 1.33 bits per heavy atom. The Balaban J connectivity index is 2.47. The van der Waals surface area contributed by atoms with Gasteiger partial charge in [-0.15, -0.1) is 0 Å². The van der Waals surface area contributed by atoms with Crippen molar-refractivity contribution in [2.45, 2.75) is 47.0 Å². The third kappa shape index (κ3) is 8.78. The first-order valence-electron chi connectivity index (χ1n) is 12.2. The number of benzene rings is 2. The highest BCUT2D eigenvalue weighted by molar-refractivity contribution is 5.78. The van der Waals surface area contributed by atoms with Gasteiger partial charge in [0.2, 0.25) is 0 Å². The molecule has 0 amide bonds. The van der Waals surface area contributed by atoms with Gasteiger partial charge < -0.3 is 30.4 Å². The molecular weight excluding hydrogens is 416 g/mol. The fourth-order valence-corrected chi connectivity index (χ4v) is 3.41. The first kappa shape index (κ1) is 26.8. The van der Waals surface area contributed by atoms with Crippen molar-refractivity contribution in [1.82, 2.24) is 0 Å². The minimum absolute atomic E-state index is 0.421. The highest BCUT2D eigenvalue weighted by atomic mass is 16.5. The van der Waals surface area contributed by atoms with Gasteiger partial charge in [0.15, 0.2) is 0 Å². The summed E-state index contributed by atoms with van der Waals surface area (Å²) in [6.07, 6.45) is 3.13. The summed E-state index contributed by atoms with van der Waals surface area (Å²) in [5.41, 5.74) is 13.2. The third-order valence-corrected chi connectivity index (χ3v) is 5.51. The average molecular weight is 459 g/mol. The molecule has 6 nitrogen and oxygen atoms in total. The molecule has 0 bridgehead atoms. The average Bonchev–Trinajstić information content (AvgIpc) is 2.81. The molecule has 33 heavy (non-hydrogen) atoms. The molecule has 0 heterocycles. The number of hydrogen-bond acceptors (Lipinski definition) is 6. The minimum Gasteiger partial charge on any atom is -0.493 e. The van der Waals surface area contributed by atoms with Crippen LogP contribution in [0.4, 0.5) is 0 Å². The molecule has 0 spiro atoms. The molecule has 0 atom stereocenters. The van der Waals surface area contributed by atoms with Crippen LogP contribution >= 0.6 is 0 Å². The molecule has 2 rings (SSSR count). The van der Waals surface area contributed by atoms with Crippen LogP contribution in [0.1, 0.15) is 47.0 Å². The van der Waals surface area contributed by atoms with E-state index in [2.05, 4.69) is 27.7 Å². The van der Waals surface area contributed by atoms with Gasteiger partial charge in [-0.2, -0.15) is 0 Å². The zero-order valence-corrected chi connectivity index (χ0v) is 20.8. The van der Waals surface area contributed by atoms with Crippen LogP contribution in [0.3, 0.4) is 0 Å². The Bertz CT molecular complexity index is 822. The lowest BCUT2D eigenvalue weighted by molar-refractivity contribution is 0.240. The van der Waals surface area contributed by atoms with Crippen molar-refractivity contribution in [1.29, 1.82) is 0 Å². The van der Waals surface area contributed by atoms with E-state index in [0.717, 1.165) is 47.6 Å². The van der Waals surface area contributed by atoms with Crippen molar-refractivity contribution in [3.8, 4) is 34.1 Å². The summed E-state index contributed by atoms with van der Waals surface area (Å²) >= 11 is 0. The van der Waals surface area contributed by atoms with E-state index in [1.54, 1.807) is 0 Å². The molecule has 0 aromatic heterocycles. The third-order valence-electron chi connectivity index (χ3n) is 5.51. The van der Waals surface area contributed by atoms with Crippen LogP contribution in [0.25, 0.3) is 11.1 Å². The van der Waals surface area contributed by atoms with Gasteiger partial charge in [-0.25, -0.2) is 0 Å². The van der Waals surface area contributed by atoms with Crippen molar-refractivity contribution in [3.05, 3.63) is 36.4 Å². The number of rotatable bonds is 16. The topological polar surface area (TPSA) is 89.0 Å². The molecule has 2 aromatic carbocycles. The second kappa shape index (κ2) is 14.7. The predicted octanol–water partition coefficient (Wildman–Crippen LogP) is 5.27. The molecule has 184 valence electrons. The van der Waals surface area contributed by atoms with E-state index in [1.165, 1.54) is 0 Å². The molecular formula is C27H42N2O4. The Hall–Kier alpha value is -2.44. The maximum Gasteiger partial charge on any atom is 0.130 e. The van der Waals surface area contributed by atoms with Crippen LogP contribution in [-0.2, 0) is 0 Å². The van der Waals surface area contributed by atoms with Crippen LogP contribution < -0.4 is 30.4 Å². The summed E-state index contributed by atoms with van der Waals surface area (Å²) in [4.78, 5) is 0. The van der Waals surface area contributed by atoms with Gasteiger partial charge in [0.25, 0.3) is 0 Å². The van der Waals surface area contributed by atoms with Gasteiger partial charge in [-0.1, -0.05) is 46.6 Å². The highest BCUT2D eigenvalue weighted by Gasteiger charge is 2.17. The van der Waals surface area contributed by atoms with Crippen molar-refractivity contribution < 1.29 is 18.9 Å². The van der Waals surface area contributed by atoms with E-state index in [4.69, 9.17) is 30.4 Å². The molecule has 0 saturated heterocycles. The normalized spacial score (nSPS) is 11.2. The van der Waals surface area contributed by atoms with Crippen molar-refractivity contribution in [2.24, 2.45) is 23.3 Å². The van der Waals surface area contributed by atoms with Crippen LogP contribution in [0, 0.1) is 11.8 Å². The summed E-state index contributed by atoms with van der Waals surface area (Å²) in [7, 11) is 0. The molecule has 0 radical (unpaired) electrons. The molecule has 0 saturated carbocycles. The van der Waals surface area contributed by atoms with Gasteiger partial charge in [0.05, 0.1) is 18.8 Å². The molecule has 2 aromatic rings. The molecule has 0 unspecified atom stereocenters. The maximum absolute atomic E-state index is 6.32. The van der Waals surface area contributed by atoms with Gasteiger partial charge >= 0.3 is 0 Å². The lowest BCUT2D eigenvalue weighted by Gasteiger charge is -2.20. The van der Waals surface area contributed by atoms with Gasteiger partial charge in [0.1, 0.15) is 36.2 Å². The molecule has 6 heteroatoms. The first-order valence-corrected chi connectivity index (χ1v) is 12.2. The molecule has 0 fully saturated rings. The number of ether oxygens (including phenoxy) is 4. The summed E-state index contributed by atoms with van der Waals surface area (Å²) in [6.45, 7) is 11.8. The summed E-state index contributed by atoms with van der Waals surface area (Å²) in [5.74, 6) is 4.03. The van der Waals surface area contributed by atoms with Crippen molar-refractivity contribution in [3.63, 3.8) is 0 Å². The minimum atomic E-state index is 0.421. The quantitative estimate of drug-likeness (QED) is 0.356. The van der Waals surface area contributed by atoms with Crippen molar-refractivity contribution >= 4 is 0 Å². The second-order valence-corrected chi connectivity index (χ2v) is 8.62. The van der Waals surface area contributed by atoms with E-state index in [-0.39, 0.29) is 0 Å². The Morgan fingerprint density at radius 3 is 1.91 bits per heavy atom. The Labute approximate surface area is 199 Å². The zero-order valence-electron chi connectivity index (χ0n) is 20.8. The predicted molar refractivity (Wildman–Crippen MR) is 135 cm³/mol. The fraction of sp³-hybridized carbons (Fsp3) is 0.556. The second-order valence-electron chi connectivity index (χ2n) is 8.62. The number of nitrogens with two attached hydrogens (primary N) is 2. The fourth-order valence-electron chi connectivity index (χ4n) is 3.41. The monoisotopic (exact) mass is 458 g/mol. The van der Waals surface area contributed by atoms with Crippen LogP contribution in [0.5, 0.6) is 23.0 Å². The Morgan fingerprint density at radius 1 is 0.758 bits per heavy atom. The van der Waals surface area contributed by atoms with Gasteiger partial charge in [-0.05, 0) is 48.1 Å². The van der Waals surface area contributed by atoms with Crippen LogP contribution in [0.15, 0.2) is 36.4 Å². The maximum atomic E-state index is 6.32.